The molecule has 2 N–H and O–H groups in total. The second kappa shape index (κ2) is 9.42. The fraction of sp³-hybridized carbons (Fsp3) is 0.579. The molecule has 1 fully saturated rings. The normalized spacial score (nSPS) is 16.9. The molecule has 25 heavy (non-hydrogen) atoms. The molecule has 0 bridgehead atoms. The van der Waals surface area contributed by atoms with Gasteiger partial charge in [0.25, 0.3) is 0 Å². The van der Waals surface area contributed by atoms with Crippen molar-refractivity contribution in [1.82, 2.24) is 15.5 Å². The third-order valence-corrected chi connectivity index (χ3v) is 4.95. The molecule has 1 aromatic rings. The number of piperidine rings is 1. The van der Waals surface area contributed by atoms with Crippen LogP contribution < -0.4 is 15.4 Å². The highest BCUT2D eigenvalue weighted by molar-refractivity contribution is 5.81. The largest absolute Gasteiger partial charge is 0.497 e. The Kier molecular flexibility index (Phi) is 7.25. The van der Waals surface area contributed by atoms with Crippen LogP contribution in [0.1, 0.15) is 25.3 Å². The number of ether oxygens (including phenoxy) is 1. The number of rotatable bonds is 7. The van der Waals surface area contributed by atoms with Gasteiger partial charge in [0.05, 0.1) is 13.2 Å². The van der Waals surface area contributed by atoms with Gasteiger partial charge in [0, 0.05) is 19.5 Å². The standard InChI is InChI=1S/C19H29N3O3/c1-14(22-12-9-16(10-13-22)19(24)20-2)18(23)21-11-8-15-4-6-17(25-3)7-5-15/h4-7,14,16H,8-13H2,1-3H3,(H,20,24)(H,21,23). The van der Waals surface area contributed by atoms with Crippen molar-refractivity contribution in [3.63, 3.8) is 0 Å². The van der Waals surface area contributed by atoms with Crippen molar-refractivity contribution in [3.05, 3.63) is 29.8 Å². The highest BCUT2D eigenvalue weighted by atomic mass is 16.5. The average molecular weight is 347 g/mol. The second-order valence-corrected chi connectivity index (χ2v) is 6.49. The number of nitrogens with zero attached hydrogens (tertiary/aromatic N) is 1. The first-order valence-corrected chi connectivity index (χ1v) is 8.91. The second-order valence-electron chi connectivity index (χ2n) is 6.49. The van der Waals surface area contributed by atoms with Gasteiger partial charge in [-0.15, -0.1) is 0 Å². The molecule has 6 nitrogen and oxygen atoms in total. The number of methoxy groups -OCH3 is 1. The summed E-state index contributed by atoms with van der Waals surface area (Å²) >= 11 is 0. The van der Waals surface area contributed by atoms with Crippen LogP contribution >= 0.6 is 0 Å². The average Bonchev–Trinajstić information content (AvgIpc) is 2.67. The van der Waals surface area contributed by atoms with Crippen molar-refractivity contribution in [2.45, 2.75) is 32.2 Å². The van der Waals surface area contributed by atoms with E-state index in [0.29, 0.717) is 6.54 Å². The number of hydrogen-bond donors (Lipinski definition) is 2. The van der Waals surface area contributed by atoms with E-state index in [-0.39, 0.29) is 23.8 Å². The van der Waals surface area contributed by atoms with Crippen molar-refractivity contribution in [2.75, 3.05) is 33.8 Å². The van der Waals surface area contributed by atoms with E-state index in [1.807, 2.05) is 31.2 Å². The number of hydrogen-bond acceptors (Lipinski definition) is 4. The topological polar surface area (TPSA) is 70.7 Å². The maximum atomic E-state index is 12.4. The molecule has 1 aromatic carbocycles. The van der Waals surface area contributed by atoms with E-state index in [1.54, 1.807) is 14.2 Å². The Morgan fingerprint density at radius 1 is 1.24 bits per heavy atom. The molecule has 0 aromatic heterocycles. The van der Waals surface area contributed by atoms with Crippen molar-refractivity contribution in [1.29, 1.82) is 0 Å². The SMILES string of the molecule is CNC(=O)C1CCN(C(C)C(=O)NCCc2ccc(OC)cc2)CC1. The molecule has 2 rings (SSSR count). The summed E-state index contributed by atoms with van der Waals surface area (Å²) in [6, 6.07) is 7.71. The zero-order chi connectivity index (χ0) is 18.2. The number of nitrogens with one attached hydrogen (secondary N) is 2. The van der Waals surface area contributed by atoms with Gasteiger partial charge in [-0.3, -0.25) is 14.5 Å². The molecular formula is C19H29N3O3. The summed E-state index contributed by atoms with van der Waals surface area (Å²) in [5.74, 6) is 1.07. The number of carbonyl (C=O) groups excluding carboxylic acids is 2. The first kappa shape index (κ1) is 19.2. The molecular weight excluding hydrogens is 318 g/mol. The van der Waals surface area contributed by atoms with E-state index >= 15 is 0 Å². The number of likely N-dealkylation sites (tertiary alicyclic amines) is 1. The van der Waals surface area contributed by atoms with E-state index in [9.17, 15) is 9.59 Å². The Labute approximate surface area is 149 Å². The van der Waals surface area contributed by atoms with Gasteiger partial charge in [-0.25, -0.2) is 0 Å². The highest BCUT2D eigenvalue weighted by Gasteiger charge is 2.29. The lowest BCUT2D eigenvalue weighted by atomic mass is 9.95. The molecule has 0 saturated carbocycles. The fourth-order valence-corrected chi connectivity index (χ4v) is 3.19. The zero-order valence-corrected chi connectivity index (χ0v) is 15.4. The summed E-state index contributed by atoms with van der Waals surface area (Å²) in [7, 11) is 3.32. The third-order valence-electron chi connectivity index (χ3n) is 4.95. The lowest BCUT2D eigenvalue weighted by Gasteiger charge is -2.34. The summed E-state index contributed by atoms with van der Waals surface area (Å²) in [4.78, 5) is 26.2. The summed E-state index contributed by atoms with van der Waals surface area (Å²) in [6.07, 6.45) is 2.41. The van der Waals surface area contributed by atoms with Crippen molar-refractivity contribution >= 4 is 11.8 Å². The van der Waals surface area contributed by atoms with Gasteiger partial charge < -0.3 is 15.4 Å². The van der Waals surface area contributed by atoms with Crippen LogP contribution in [-0.4, -0.2) is 56.5 Å². The van der Waals surface area contributed by atoms with Crippen molar-refractivity contribution in [2.24, 2.45) is 5.92 Å². The Morgan fingerprint density at radius 2 is 1.88 bits per heavy atom. The van der Waals surface area contributed by atoms with Gasteiger partial charge in [0.15, 0.2) is 0 Å². The van der Waals surface area contributed by atoms with Gasteiger partial charge in [0.2, 0.25) is 11.8 Å². The maximum Gasteiger partial charge on any atom is 0.237 e. The third kappa shape index (κ3) is 5.46. The van der Waals surface area contributed by atoms with E-state index in [0.717, 1.165) is 38.1 Å². The van der Waals surface area contributed by atoms with Crippen molar-refractivity contribution < 1.29 is 14.3 Å². The highest BCUT2D eigenvalue weighted by Crippen LogP contribution is 2.19. The predicted octanol–water partition coefficient (Wildman–Crippen LogP) is 1.20. The molecule has 1 unspecified atom stereocenters. The van der Waals surface area contributed by atoms with E-state index in [2.05, 4.69) is 15.5 Å². The van der Waals surface area contributed by atoms with Crippen LogP contribution in [0.15, 0.2) is 24.3 Å². The predicted molar refractivity (Wildman–Crippen MR) is 97.5 cm³/mol. The van der Waals surface area contributed by atoms with Gasteiger partial charge in [-0.05, 0) is 57.0 Å². The Morgan fingerprint density at radius 3 is 2.44 bits per heavy atom. The molecule has 2 amide bonds. The van der Waals surface area contributed by atoms with Crippen LogP contribution in [-0.2, 0) is 16.0 Å². The lowest BCUT2D eigenvalue weighted by molar-refractivity contribution is -0.128. The lowest BCUT2D eigenvalue weighted by Crippen LogP contribution is -2.49. The van der Waals surface area contributed by atoms with Crippen LogP contribution in [0.2, 0.25) is 0 Å². The summed E-state index contributed by atoms with van der Waals surface area (Å²) < 4.78 is 5.14. The minimum absolute atomic E-state index is 0.0481. The van der Waals surface area contributed by atoms with Crippen LogP contribution in [0.25, 0.3) is 0 Å². The molecule has 0 spiro atoms. The van der Waals surface area contributed by atoms with Crippen LogP contribution in [0.4, 0.5) is 0 Å². The van der Waals surface area contributed by atoms with Gasteiger partial charge >= 0.3 is 0 Å². The van der Waals surface area contributed by atoms with Gasteiger partial charge in [-0.1, -0.05) is 12.1 Å². The summed E-state index contributed by atoms with van der Waals surface area (Å²) in [5, 5.41) is 5.72. The molecule has 6 heteroatoms. The first-order chi connectivity index (χ1) is 12.0. The van der Waals surface area contributed by atoms with Crippen LogP contribution in [0.3, 0.4) is 0 Å². The molecule has 1 saturated heterocycles. The minimum atomic E-state index is -0.165. The quantitative estimate of drug-likeness (QED) is 0.778. The van der Waals surface area contributed by atoms with Crippen LogP contribution in [0, 0.1) is 5.92 Å². The minimum Gasteiger partial charge on any atom is -0.497 e. The molecule has 0 aliphatic carbocycles. The van der Waals surface area contributed by atoms with Gasteiger partial charge in [-0.2, -0.15) is 0 Å². The van der Waals surface area contributed by atoms with E-state index < -0.39 is 0 Å². The molecule has 0 radical (unpaired) electrons. The van der Waals surface area contributed by atoms with E-state index in [1.165, 1.54) is 5.56 Å². The first-order valence-electron chi connectivity index (χ1n) is 8.91. The number of carbonyl (C=O) groups is 2. The summed E-state index contributed by atoms with van der Waals surface area (Å²) in [5.41, 5.74) is 1.17. The molecule has 1 heterocycles. The summed E-state index contributed by atoms with van der Waals surface area (Å²) in [6.45, 7) is 4.11. The molecule has 1 aliphatic rings. The zero-order valence-electron chi connectivity index (χ0n) is 15.4. The van der Waals surface area contributed by atoms with Crippen molar-refractivity contribution in [3.8, 4) is 5.75 Å². The smallest absolute Gasteiger partial charge is 0.237 e. The Balaban J connectivity index is 1.72. The molecule has 138 valence electrons. The van der Waals surface area contributed by atoms with Crippen LogP contribution in [0.5, 0.6) is 5.75 Å². The number of benzene rings is 1. The van der Waals surface area contributed by atoms with E-state index in [4.69, 9.17) is 4.74 Å². The Bertz CT molecular complexity index is 566. The fourth-order valence-electron chi connectivity index (χ4n) is 3.19. The molecule has 1 atom stereocenters. The number of amides is 2. The maximum absolute atomic E-state index is 12.4. The monoisotopic (exact) mass is 347 g/mol. The Hall–Kier alpha value is -2.08. The molecule has 1 aliphatic heterocycles. The van der Waals surface area contributed by atoms with Gasteiger partial charge in [0.1, 0.15) is 5.75 Å².